The molecule has 1 aromatic rings. The van der Waals surface area contributed by atoms with Crippen molar-refractivity contribution in [3.05, 3.63) is 28.5 Å². The van der Waals surface area contributed by atoms with Gasteiger partial charge in [0.1, 0.15) is 5.82 Å². The zero-order chi connectivity index (χ0) is 12.3. The first kappa shape index (κ1) is 12.1. The Balaban J connectivity index is 2.09. The second kappa shape index (κ2) is 5.31. The fourth-order valence-corrected chi connectivity index (χ4v) is 2.12. The van der Waals surface area contributed by atoms with Crippen molar-refractivity contribution in [1.82, 2.24) is 19.7 Å². The largest absolute Gasteiger partial charge is 0.346 e. The minimum Gasteiger partial charge on any atom is -0.313 e. The Labute approximate surface area is 101 Å². The summed E-state index contributed by atoms with van der Waals surface area (Å²) in [4.78, 5) is 12.0. The molecule has 5 nitrogen and oxygen atoms in total. The Morgan fingerprint density at radius 1 is 1.53 bits per heavy atom. The van der Waals surface area contributed by atoms with Crippen molar-refractivity contribution < 1.29 is 0 Å². The Bertz CT molecular complexity index is 458. The van der Waals surface area contributed by atoms with E-state index in [9.17, 15) is 4.79 Å². The van der Waals surface area contributed by atoms with Gasteiger partial charge in [0, 0.05) is 19.5 Å². The summed E-state index contributed by atoms with van der Waals surface area (Å²) < 4.78 is 3.34. The first-order valence-electron chi connectivity index (χ1n) is 6.26. The summed E-state index contributed by atoms with van der Waals surface area (Å²) in [5, 5.41) is 7.58. The smallest absolute Gasteiger partial charge is 0.313 e. The average Bonchev–Trinajstić information content (AvgIpc) is 2.64. The van der Waals surface area contributed by atoms with Gasteiger partial charge >= 0.3 is 5.69 Å². The number of hydrogen-bond donors (Lipinski definition) is 1. The average molecular weight is 236 g/mol. The summed E-state index contributed by atoms with van der Waals surface area (Å²) in [6.07, 6.45) is 3.13. The lowest BCUT2D eigenvalue weighted by atomic mass is 10.2. The molecule has 94 valence electrons. The molecule has 1 N–H and O–H groups in total. The number of aryl methyl sites for hydroxylation is 1. The molecule has 1 aliphatic rings. The van der Waals surface area contributed by atoms with E-state index in [0.717, 1.165) is 50.3 Å². The molecule has 0 atom stereocenters. The van der Waals surface area contributed by atoms with E-state index in [-0.39, 0.29) is 5.69 Å². The Hall–Kier alpha value is -1.36. The summed E-state index contributed by atoms with van der Waals surface area (Å²) in [6, 6.07) is 0. The van der Waals surface area contributed by atoms with Crippen LogP contribution >= 0.6 is 0 Å². The third-order valence-electron chi connectivity index (χ3n) is 3.03. The van der Waals surface area contributed by atoms with Gasteiger partial charge < -0.3 is 5.32 Å². The summed E-state index contributed by atoms with van der Waals surface area (Å²) in [5.41, 5.74) is 1.00. The van der Waals surface area contributed by atoms with Crippen molar-refractivity contribution in [2.45, 2.75) is 39.3 Å². The van der Waals surface area contributed by atoms with Crippen LogP contribution in [0.5, 0.6) is 0 Å². The number of nitrogens with zero attached hydrogens (tertiary/aromatic N) is 3. The molecule has 1 aromatic heterocycles. The molecule has 2 heterocycles. The van der Waals surface area contributed by atoms with Crippen molar-refractivity contribution >= 4 is 0 Å². The molecule has 17 heavy (non-hydrogen) atoms. The quantitative estimate of drug-likeness (QED) is 0.759. The second-order valence-electron chi connectivity index (χ2n) is 4.50. The molecule has 0 spiro atoms. The molecule has 0 saturated carbocycles. The van der Waals surface area contributed by atoms with Gasteiger partial charge in [0.2, 0.25) is 0 Å². The lowest BCUT2D eigenvalue weighted by Gasteiger charge is -2.09. The van der Waals surface area contributed by atoms with E-state index in [1.165, 1.54) is 0 Å². The second-order valence-corrected chi connectivity index (χ2v) is 4.50. The molecule has 0 fully saturated rings. The van der Waals surface area contributed by atoms with Crippen LogP contribution < -0.4 is 11.0 Å². The van der Waals surface area contributed by atoms with Crippen LogP contribution in [-0.4, -0.2) is 27.4 Å². The summed E-state index contributed by atoms with van der Waals surface area (Å²) in [6.45, 7) is 9.00. The number of rotatable bonds is 5. The first-order chi connectivity index (χ1) is 8.22. The van der Waals surface area contributed by atoms with Gasteiger partial charge in [-0.1, -0.05) is 13.5 Å². The van der Waals surface area contributed by atoms with Gasteiger partial charge in [0.25, 0.3) is 0 Å². The van der Waals surface area contributed by atoms with Crippen LogP contribution in [0.4, 0.5) is 0 Å². The molecule has 0 bridgehead atoms. The van der Waals surface area contributed by atoms with E-state index < -0.39 is 0 Å². The molecule has 0 aromatic carbocycles. The van der Waals surface area contributed by atoms with Gasteiger partial charge in [-0.15, -0.1) is 0 Å². The monoisotopic (exact) mass is 236 g/mol. The Morgan fingerprint density at radius 2 is 2.35 bits per heavy atom. The van der Waals surface area contributed by atoms with E-state index in [1.54, 1.807) is 9.25 Å². The van der Waals surface area contributed by atoms with Crippen molar-refractivity contribution in [3.63, 3.8) is 0 Å². The van der Waals surface area contributed by atoms with Crippen LogP contribution in [0.1, 0.15) is 25.6 Å². The molecule has 0 saturated heterocycles. The SMILES string of the molecule is C=C(CNCC)Cn1nc2n(c1=O)CCCC2. The number of nitrogens with one attached hydrogen (secondary N) is 1. The maximum absolute atomic E-state index is 12.0. The Morgan fingerprint density at radius 3 is 3.06 bits per heavy atom. The van der Waals surface area contributed by atoms with E-state index in [2.05, 4.69) is 23.9 Å². The van der Waals surface area contributed by atoms with Gasteiger partial charge in [0.05, 0.1) is 6.54 Å². The normalized spacial score (nSPS) is 14.6. The third-order valence-corrected chi connectivity index (χ3v) is 3.03. The molecular weight excluding hydrogens is 216 g/mol. The molecule has 0 radical (unpaired) electrons. The minimum atomic E-state index is 0.0114. The van der Waals surface area contributed by atoms with Gasteiger partial charge in [-0.05, 0) is 25.0 Å². The predicted octanol–water partition coefficient (Wildman–Crippen LogP) is 0.547. The fourth-order valence-electron chi connectivity index (χ4n) is 2.12. The van der Waals surface area contributed by atoms with Crippen LogP contribution in [0.15, 0.2) is 16.9 Å². The summed E-state index contributed by atoms with van der Waals surface area (Å²) in [7, 11) is 0. The molecule has 0 unspecified atom stereocenters. The van der Waals surface area contributed by atoms with Crippen molar-refractivity contribution in [2.24, 2.45) is 0 Å². The molecule has 2 rings (SSSR count). The van der Waals surface area contributed by atoms with Crippen LogP contribution in [0, 0.1) is 0 Å². The number of aromatic nitrogens is 3. The number of likely N-dealkylation sites (N-methyl/N-ethyl adjacent to an activating group) is 1. The van der Waals surface area contributed by atoms with E-state index in [1.807, 2.05) is 0 Å². The topological polar surface area (TPSA) is 51.9 Å². The van der Waals surface area contributed by atoms with Crippen molar-refractivity contribution in [1.29, 1.82) is 0 Å². The zero-order valence-electron chi connectivity index (χ0n) is 10.4. The van der Waals surface area contributed by atoms with Crippen LogP contribution in [0.25, 0.3) is 0 Å². The first-order valence-corrected chi connectivity index (χ1v) is 6.26. The lowest BCUT2D eigenvalue weighted by Crippen LogP contribution is -2.28. The van der Waals surface area contributed by atoms with Gasteiger partial charge in [-0.25, -0.2) is 9.48 Å². The van der Waals surface area contributed by atoms with Gasteiger partial charge in [-0.3, -0.25) is 4.57 Å². The van der Waals surface area contributed by atoms with Crippen molar-refractivity contribution in [2.75, 3.05) is 13.1 Å². The van der Waals surface area contributed by atoms with E-state index in [0.29, 0.717) is 6.54 Å². The molecule has 0 amide bonds. The summed E-state index contributed by atoms with van der Waals surface area (Å²) in [5.74, 6) is 0.928. The molecule has 0 aliphatic carbocycles. The van der Waals surface area contributed by atoms with Crippen LogP contribution in [-0.2, 0) is 19.5 Å². The number of hydrogen-bond acceptors (Lipinski definition) is 3. The Kier molecular flexibility index (Phi) is 3.78. The highest BCUT2D eigenvalue weighted by atomic mass is 16.2. The number of fused-ring (bicyclic) bond motifs is 1. The summed E-state index contributed by atoms with van der Waals surface area (Å²) >= 11 is 0. The van der Waals surface area contributed by atoms with Gasteiger partial charge in [0.15, 0.2) is 0 Å². The maximum Gasteiger partial charge on any atom is 0.346 e. The molecule has 5 heteroatoms. The minimum absolute atomic E-state index is 0.0114. The van der Waals surface area contributed by atoms with Crippen LogP contribution in [0.2, 0.25) is 0 Å². The van der Waals surface area contributed by atoms with Gasteiger partial charge in [-0.2, -0.15) is 5.10 Å². The van der Waals surface area contributed by atoms with Crippen molar-refractivity contribution in [3.8, 4) is 0 Å². The highest BCUT2D eigenvalue weighted by Crippen LogP contribution is 2.09. The predicted molar refractivity (Wildman–Crippen MR) is 67.1 cm³/mol. The highest BCUT2D eigenvalue weighted by molar-refractivity contribution is 4.99. The highest BCUT2D eigenvalue weighted by Gasteiger charge is 2.16. The molecular formula is C12H20N4O. The van der Waals surface area contributed by atoms with E-state index >= 15 is 0 Å². The van der Waals surface area contributed by atoms with Crippen LogP contribution in [0.3, 0.4) is 0 Å². The maximum atomic E-state index is 12.0. The standard InChI is InChI=1S/C12H20N4O/c1-3-13-8-10(2)9-16-12(17)15-7-5-4-6-11(15)14-16/h13H,2-9H2,1H3. The zero-order valence-corrected chi connectivity index (χ0v) is 10.4. The molecule has 1 aliphatic heterocycles. The fraction of sp³-hybridized carbons (Fsp3) is 0.667. The third kappa shape index (κ3) is 2.66. The van der Waals surface area contributed by atoms with E-state index in [4.69, 9.17) is 0 Å². The lowest BCUT2D eigenvalue weighted by molar-refractivity contribution is 0.511.